The molecule has 19 heavy (non-hydrogen) atoms. The van der Waals surface area contributed by atoms with Gasteiger partial charge >= 0.3 is 5.97 Å². The summed E-state index contributed by atoms with van der Waals surface area (Å²) >= 11 is 0. The Morgan fingerprint density at radius 2 is 1.68 bits per heavy atom. The van der Waals surface area contributed by atoms with E-state index in [-0.39, 0.29) is 17.1 Å². The van der Waals surface area contributed by atoms with Crippen LogP contribution in [0.25, 0.3) is 0 Å². The Labute approximate surface area is 110 Å². The SMILES string of the molecule is COC(=O)c1cccc(C(=O)c2ccccc2O)c1. The van der Waals surface area contributed by atoms with Crippen LogP contribution in [-0.4, -0.2) is 24.0 Å². The fourth-order valence-corrected chi connectivity index (χ4v) is 1.73. The van der Waals surface area contributed by atoms with E-state index in [2.05, 4.69) is 4.74 Å². The number of benzene rings is 2. The quantitative estimate of drug-likeness (QED) is 0.676. The van der Waals surface area contributed by atoms with E-state index in [9.17, 15) is 14.7 Å². The molecule has 0 bridgehead atoms. The van der Waals surface area contributed by atoms with E-state index in [1.807, 2.05) is 0 Å². The lowest BCUT2D eigenvalue weighted by molar-refractivity contribution is 0.0600. The van der Waals surface area contributed by atoms with Crippen LogP contribution in [0, 0.1) is 0 Å². The zero-order chi connectivity index (χ0) is 13.8. The standard InChI is InChI=1S/C15H12O4/c1-19-15(18)11-6-4-5-10(9-11)14(17)12-7-2-3-8-13(12)16/h2-9,16H,1H3. The number of methoxy groups -OCH3 is 1. The van der Waals surface area contributed by atoms with Gasteiger partial charge in [0, 0.05) is 5.56 Å². The van der Waals surface area contributed by atoms with Gasteiger partial charge < -0.3 is 9.84 Å². The van der Waals surface area contributed by atoms with Gasteiger partial charge in [-0.05, 0) is 24.3 Å². The molecule has 0 aliphatic rings. The molecular weight excluding hydrogens is 244 g/mol. The van der Waals surface area contributed by atoms with E-state index in [0.29, 0.717) is 11.1 Å². The van der Waals surface area contributed by atoms with E-state index in [1.165, 1.54) is 25.3 Å². The molecule has 2 aromatic rings. The minimum atomic E-state index is -0.507. The van der Waals surface area contributed by atoms with Gasteiger partial charge in [-0.1, -0.05) is 24.3 Å². The molecule has 0 unspecified atom stereocenters. The molecule has 0 atom stereocenters. The average Bonchev–Trinajstić information content (AvgIpc) is 2.46. The van der Waals surface area contributed by atoms with Crippen molar-refractivity contribution in [3.05, 3.63) is 65.2 Å². The second-order valence-corrected chi connectivity index (χ2v) is 3.92. The molecule has 4 heteroatoms. The Kier molecular flexibility index (Phi) is 3.61. The van der Waals surface area contributed by atoms with Crippen molar-refractivity contribution in [1.29, 1.82) is 0 Å². The van der Waals surface area contributed by atoms with Gasteiger partial charge in [-0.3, -0.25) is 4.79 Å². The van der Waals surface area contributed by atoms with Crippen LogP contribution in [0.4, 0.5) is 0 Å². The second kappa shape index (κ2) is 5.35. The number of carbonyl (C=O) groups is 2. The molecule has 2 aromatic carbocycles. The molecule has 0 amide bonds. The maximum atomic E-state index is 12.2. The van der Waals surface area contributed by atoms with Gasteiger partial charge in [-0.15, -0.1) is 0 Å². The maximum absolute atomic E-state index is 12.2. The first kappa shape index (κ1) is 12.8. The number of para-hydroxylation sites is 1. The molecule has 0 aromatic heterocycles. The highest BCUT2D eigenvalue weighted by atomic mass is 16.5. The van der Waals surface area contributed by atoms with Crippen LogP contribution < -0.4 is 0 Å². The number of hydrogen-bond donors (Lipinski definition) is 1. The summed E-state index contributed by atoms with van der Waals surface area (Å²) in [6.07, 6.45) is 0. The molecule has 0 aliphatic carbocycles. The lowest BCUT2D eigenvalue weighted by Gasteiger charge is -2.05. The number of carbonyl (C=O) groups excluding carboxylic acids is 2. The normalized spacial score (nSPS) is 9.95. The average molecular weight is 256 g/mol. The number of ketones is 1. The van der Waals surface area contributed by atoms with Crippen LogP contribution in [0.5, 0.6) is 5.75 Å². The van der Waals surface area contributed by atoms with Crippen LogP contribution in [0.2, 0.25) is 0 Å². The van der Waals surface area contributed by atoms with E-state index in [0.717, 1.165) is 0 Å². The van der Waals surface area contributed by atoms with Gasteiger partial charge in [0.15, 0.2) is 5.78 Å². The number of esters is 1. The third kappa shape index (κ3) is 2.63. The van der Waals surface area contributed by atoms with Gasteiger partial charge in [0.25, 0.3) is 0 Å². The smallest absolute Gasteiger partial charge is 0.337 e. The van der Waals surface area contributed by atoms with Crippen molar-refractivity contribution < 1.29 is 19.4 Å². The Morgan fingerprint density at radius 3 is 2.37 bits per heavy atom. The monoisotopic (exact) mass is 256 g/mol. The predicted molar refractivity (Wildman–Crippen MR) is 69.3 cm³/mol. The highest BCUT2D eigenvalue weighted by Gasteiger charge is 2.15. The zero-order valence-electron chi connectivity index (χ0n) is 10.3. The number of phenols is 1. The van der Waals surface area contributed by atoms with Gasteiger partial charge in [0.2, 0.25) is 0 Å². The predicted octanol–water partition coefficient (Wildman–Crippen LogP) is 2.41. The molecule has 0 saturated carbocycles. The summed E-state index contributed by atoms with van der Waals surface area (Å²) < 4.78 is 4.60. The summed E-state index contributed by atoms with van der Waals surface area (Å²) in [5.41, 5.74) is 0.817. The first-order valence-corrected chi connectivity index (χ1v) is 5.64. The third-order valence-electron chi connectivity index (χ3n) is 2.69. The molecule has 1 N–H and O–H groups in total. The number of phenolic OH excluding ortho intramolecular Hbond substituents is 1. The third-order valence-corrected chi connectivity index (χ3v) is 2.69. The molecule has 0 spiro atoms. The molecule has 0 radical (unpaired) electrons. The number of aromatic hydroxyl groups is 1. The van der Waals surface area contributed by atoms with Crippen LogP contribution in [0.3, 0.4) is 0 Å². The molecule has 0 fully saturated rings. The Hall–Kier alpha value is -2.62. The summed E-state index contributed by atoms with van der Waals surface area (Å²) in [5, 5.41) is 9.65. The van der Waals surface area contributed by atoms with E-state index in [4.69, 9.17) is 0 Å². The molecule has 96 valence electrons. The van der Waals surface area contributed by atoms with Gasteiger partial charge in [-0.2, -0.15) is 0 Å². The van der Waals surface area contributed by atoms with Crippen molar-refractivity contribution in [2.24, 2.45) is 0 Å². The zero-order valence-corrected chi connectivity index (χ0v) is 10.3. The van der Waals surface area contributed by atoms with Crippen LogP contribution in [-0.2, 0) is 4.74 Å². The minimum Gasteiger partial charge on any atom is -0.507 e. The highest BCUT2D eigenvalue weighted by molar-refractivity contribution is 6.11. The van der Waals surface area contributed by atoms with Crippen molar-refractivity contribution in [2.45, 2.75) is 0 Å². The molecule has 4 nitrogen and oxygen atoms in total. The van der Waals surface area contributed by atoms with E-state index in [1.54, 1.807) is 30.3 Å². The lowest BCUT2D eigenvalue weighted by atomic mass is 10.0. The first-order chi connectivity index (χ1) is 9.13. The minimum absolute atomic E-state index is 0.0871. The summed E-state index contributed by atoms with van der Waals surface area (Å²) in [6.45, 7) is 0. The molecule has 0 saturated heterocycles. The van der Waals surface area contributed by atoms with Crippen LogP contribution in [0.1, 0.15) is 26.3 Å². The molecular formula is C15H12O4. The summed E-state index contributed by atoms with van der Waals surface area (Å²) in [5.74, 6) is -0.938. The van der Waals surface area contributed by atoms with Gasteiger partial charge in [-0.25, -0.2) is 4.79 Å². The maximum Gasteiger partial charge on any atom is 0.337 e. The van der Waals surface area contributed by atoms with Crippen LogP contribution >= 0.6 is 0 Å². The highest BCUT2D eigenvalue weighted by Crippen LogP contribution is 2.20. The summed E-state index contributed by atoms with van der Waals surface area (Å²) in [4.78, 5) is 23.6. The van der Waals surface area contributed by atoms with Gasteiger partial charge in [0.05, 0.1) is 18.2 Å². The van der Waals surface area contributed by atoms with Crippen molar-refractivity contribution in [1.82, 2.24) is 0 Å². The van der Waals surface area contributed by atoms with Crippen molar-refractivity contribution >= 4 is 11.8 Å². The molecule has 0 heterocycles. The Bertz CT molecular complexity index is 632. The van der Waals surface area contributed by atoms with E-state index < -0.39 is 5.97 Å². The topological polar surface area (TPSA) is 63.6 Å². The lowest BCUT2D eigenvalue weighted by Crippen LogP contribution is -2.06. The molecule has 2 rings (SSSR count). The number of rotatable bonds is 3. The van der Waals surface area contributed by atoms with Gasteiger partial charge in [0.1, 0.15) is 5.75 Å². The Balaban J connectivity index is 2.40. The largest absolute Gasteiger partial charge is 0.507 e. The fourth-order valence-electron chi connectivity index (χ4n) is 1.73. The first-order valence-electron chi connectivity index (χ1n) is 5.64. The Morgan fingerprint density at radius 1 is 1.00 bits per heavy atom. The van der Waals surface area contributed by atoms with E-state index >= 15 is 0 Å². The summed E-state index contributed by atoms with van der Waals surface area (Å²) in [7, 11) is 1.28. The van der Waals surface area contributed by atoms with Crippen LogP contribution in [0.15, 0.2) is 48.5 Å². The van der Waals surface area contributed by atoms with Crippen molar-refractivity contribution in [3.63, 3.8) is 0 Å². The molecule has 0 aliphatic heterocycles. The van der Waals surface area contributed by atoms with Crippen molar-refractivity contribution in [2.75, 3.05) is 7.11 Å². The number of hydrogen-bond acceptors (Lipinski definition) is 4. The second-order valence-electron chi connectivity index (χ2n) is 3.92. The summed E-state index contributed by atoms with van der Waals surface area (Å²) in [6, 6.07) is 12.5. The number of ether oxygens (including phenoxy) is 1. The van der Waals surface area contributed by atoms with Crippen molar-refractivity contribution in [3.8, 4) is 5.75 Å². The fraction of sp³-hybridized carbons (Fsp3) is 0.0667.